The number of benzene rings is 2. The molecule has 4 aromatic rings. The highest BCUT2D eigenvalue weighted by Crippen LogP contribution is 2.31. The molecule has 2 aromatic heterocycles. The largest absolute Gasteiger partial charge is 0.328 e. The zero-order valence-corrected chi connectivity index (χ0v) is 14.9. The third kappa shape index (κ3) is 3.00. The van der Waals surface area contributed by atoms with Gasteiger partial charge in [0.1, 0.15) is 11.6 Å². The Morgan fingerprint density at radius 3 is 2.65 bits per heavy atom. The van der Waals surface area contributed by atoms with Crippen LogP contribution < -0.4 is 5.56 Å². The van der Waals surface area contributed by atoms with Gasteiger partial charge in [0.2, 0.25) is 0 Å². The van der Waals surface area contributed by atoms with Gasteiger partial charge in [0, 0.05) is 12.7 Å². The Labute approximate surface area is 157 Å². The first kappa shape index (κ1) is 16.8. The maximum Gasteiger partial charge on any atom is 0.258 e. The Balaban J connectivity index is 1.98. The molecule has 0 saturated heterocycles. The molecule has 4 rings (SSSR count). The summed E-state index contributed by atoms with van der Waals surface area (Å²) < 4.78 is 15.4. The van der Waals surface area contributed by atoms with E-state index in [2.05, 4.69) is 9.97 Å². The van der Waals surface area contributed by atoms with Crippen LogP contribution in [-0.2, 0) is 6.54 Å². The lowest BCUT2D eigenvalue weighted by Gasteiger charge is -2.10. The molecule has 1 N–H and O–H groups in total. The van der Waals surface area contributed by atoms with Gasteiger partial charge in [0.05, 0.1) is 26.6 Å². The van der Waals surface area contributed by atoms with Crippen molar-refractivity contribution in [2.45, 2.75) is 6.54 Å². The van der Waals surface area contributed by atoms with Gasteiger partial charge in [-0.2, -0.15) is 0 Å². The summed E-state index contributed by atoms with van der Waals surface area (Å²) in [5, 5.41) is 0.760. The molecule has 0 fully saturated rings. The number of nitrogens with zero attached hydrogens (tertiary/aromatic N) is 2. The fourth-order valence-corrected chi connectivity index (χ4v) is 3.22. The van der Waals surface area contributed by atoms with Crippen molar-refractivity contribution < 1.29 is 4.39 Å². The van der Waals surface area contributed by atoms with Gasteiger partial charge in [-0.25, -0.2) is 9.37 Å². The van der Waals surface area contributed by atoms with Crippen molar-refractivity contribution in [2.24, 2.45) is 0 Å². The minimum atomic E-state index is -0.327. The van der Waals surface area contributed by atoms with Crippen LogP contribution in [-0.4, -0.2) is 14.5 Å². The van der Waals surface area contributed by atoms with Crippen molar-refractivity contribution >= 4 is 34.2 Å². The fourth-order valence-electron chi connectivity index (χ4n) is 2.90. The third-order valence-electron chi connectivity index (χ3n) is 4.08. The molecule has 0 bridgehead atoms. The third-order valence-corrected chi connectivity index (χ3v) is 4.80. The first-order valence-corrected chi connectivity index (χ1v) is 8.56. The second-order valence-electron chi connectivity index (χ2n) is 5.82. The van der Waals surface area contributed by atoms with Gasteiger partial charge in [-0.15, -0.1) is 0 Å². The number of imidazole rings is 1. The maximum atomic E-state index is 13.6. The summed E-state index contributed by atoms with van der Waals surface area (Å²) in [6.45, 7) is 0.329. The van der Waals surface area contributed by atoms with Crippen LogP contribution in [0.5, 0.6) is 0 Å². The Bertz CT molecular complexity index is 1180. The molecule has 26 heavy (non-hydrogen) atoms. The molecular weight excluding hydrogens is 376 g/mol. The Kier molecular flexibility index (Phi) is 4.26. The summed E-state index contributed by atoms with van der Waals surface area (Å²) in [7, 11) is 0. The average molecular weight is 388 g/mol. The zero-order chi connectivity index (χ0) is 18.3. The predicted octanol–water partition coefficient (Wildman–Crippen LogP) is 4.89. The summed E-state index contributed by atoms with van der Waals surface area (Å²) in [6.07, 6.45) is 1.55. The molecule has 0 saturated carbocycles. The average Bonchev–Trinajstić information content (AvgIpc) is 2.93. The second-order valence-corrected chi connectivity index (χ2v) is 6.63. The number of pyridine rings is 1. The van der Waals surface area contributed by atoms with Crippen LogP contribution in [0.15, 0.2) is 59.5 Å². The van der Waals surface area contributed by atoms with E-state index in [-0.39, 0.29) is 11.4 Å². The number of hydrogen-bond donors (Lipinski definition) is 1. The zero-order valence-electron chi connectivity index (χ0n) is 13.3. The molecule has 0 aliphatic rings. The van der Waals surface area contributed by atoms with Crippen LogP contribution in [0, 0.1) is 5.82 Å². The summed E-state index contributed by atoms with van der Waals surface area (Å²) in [6, 6.07) is 13.0. The smallest absolute Gasteiger partial charge is 0.258 e. The van der Waals surface area contributed by atoms with Gasteiger partial charge in [-0.1, -0.05) is 35.3 Å². The summed E-state index contributed by atoms with van der Waals surface area (Å²) in [5.74, 6) is 0.136. The highest BCUT2D eigenvalue weighted by molar-refractivity contribution is 6.42. The predicted molar refractivity (Wildman–Crippen MR) is 101 cm³/mol. The molecule has 130 valence electrons. The molecule has 0 aliphatic carbocycles. The lowest BCUT2D eigenvalue weighted by atomic mass is 10.2. The molecular formula is C19H12Cl2FN3O. The molecule has 0 amide bonds. The van der Waals surface area contributed by atoms with E-state index >= 15 is 0 Å². The summed E-state index contributed by atoms with van der Waals surface area (Å²) >= 11 is 12.3. The Morgan fingerprint density at radius 1 is 1.08 bits per heavy atom. The summed E-state index contributed by atoms with van der Waals surface area (Å²) in [5.41, 5.74) is 2.20. The number of fused-ring (bicyclic) bond motifs is 1. The van der Waals surface area contributed by atoms with E-state index < -0.39 is 0 Å². The monoisotopic (exact) mass is 387 g/mol. The van der Waals surface area contributed by atoms with Crippen LogP contribution in [0.3, 0.4) is 0 Å². The number of hydrogen-bond acceptors (Lipinski definition) is 2. The van der Waals surface area contributed by atoms with Crippen molar-refractivity contribution in [2.75, 3.05) is 0 Å². The van der Waals surface area contributed by atoms with Crippen LogP contribution in [0.25, 0.3) is 22.4 Å². The number of rotatable bonds is 3. The SMILES string of the molecule is O=c1[nH]cccc1-c1nc2cc(Cl)c(Cl)cc2n1Cc1cccc(F)c1. The van der Waals surface area contributed by atoms with Gasteiger partial charge >= 0.3 is 0 Å². The van der Waals surface area contributed by atoms with E-state index in [4.69, 9.17) is 23.2 Å². The van der Waals surface area contributed by atoms with Crippen molar-refractivity contribution in [3.05, 3.63) is 86.5 Å². The lowest BCUT2D eigenvalue weighted by molar-refractivity contribution is 0.624. The quantitative estimate of drug-likeness (QED) is 0.544. The van der Waals surface area contributed by atoms with E-state index in [1.54, 1.807) is 36.5 Å². The first-order chi connectivity index (χ1) is 12.5. The normalized spacial score (nSPS) is 11.2. The number of halogens is 3. The van der Waals surface area contributed by atoms with Crippen LogP contribution >= 0.6 is 23.2 Å². The Morgan fingerprint density at radius 2 is 1.88 bits per heavy atom. The minimum absolute atomic E-state index is 0.263. The van der Waals surface area contributed by atoms with E-state index in [9.17, 15) is 9.18 Å². The van der Waals surface area contributed by atoms with Gasteiger partial charge < -0.3 is 9.55 Å². The van der Waals surface area contributed by atoms with Crippen LogP contribution in [0.2, 0.25) is 10.0 Å². The van der Waals surface area contributed by atoms with E-state index in [1.165, 1.54) is 12.1 Å². The fraction of sp³-hybridized carbons (Fsp3) is 0.0526. The molecule has 2 heterocycles. The first-order valence-electron chi connectivity index (χ1n) is 7.81. The van der Waals surface area contributed by atoms with Gasteiger partial charge in [-0.3, -0.25) is 4.79 Å². The molecule has 7 heteroatoms. The molecule has 0 radical (unpaired) electrons. The van der Waals surface area contributed by atoms with Crippen LogP contribution in [0.1, 0.15) is 5.56 Å². The number of aromatic amines is 1. The minimum Gasteiger partial charge on any atom is -0.328 e. The van der Waals surface area contributed by atoms with E-state index in [0.29, 0.717) is 39.0 Å². The standard InChI is InChI=1S/C19H12Cl2FN3O/c20-14-8-16-17(9-15(14)21)25(10-11-3-1-4-12(22)7-11)18(24-16)13-5-2-6-23-19(13)26/h1-9H,10H2,(H,23,26). The van der Waals surface area contributed by atoms with Crippen molar-refractivity contribution in [3.8, 4) is 11.4 Å². The highest BCUT2D eigenvalue weighted by atomic mass is 35.5. The highest BCUT2D eigenvalue weighted by Gasteiger charge is 2.17. The number of aromatic nitrogens is 3. The summed E-state index contributed by atoms with van der Waals surface area (Å²) in [4.78, 5) is 19.5. The molecule has 2 aromatic carbocycles. The van der Waals surface area contributed by atoms with E-state index in [1.807, 2.05) is 10.6 Å². The second kappa shape index (κ2) is 6.59. The molecule has 0 aliphatic heterocycles. The lowest BCUT2D eigenvalue weighted by Crippen LogP contribution is -2.11. The number of nitrogens with one attached hydrogen (secondary N) is 1. The van der Waals surface area contributed by atoms with Crippen molar-refractivity contribution in [3.63, 3.8) is 0 Å². The van der Waals surface area contributed by atoms with Crippen LogP contribution in [0.4, 0.5) is 4.39 Å². The van der Waals surface area contributed by atoms with Crippen molar-refractivity contribution in [1.82, 2.24) is 14.5 Å². The number of H-pyrrole nitrogens is 1. The Hall–Kier alpha value is -2.63. The van der Waals surface area contributed by atoms with Gasteiger partial charge in [0.15, 0.2) is 0 Å². The van der Waals surface area contributed by atoms with Gasteiger partial charge in [-0.05, 0) is 42.0 Å². The molecule has 0 unspecified atom stereocenters. The maximum absolute atomic E-state index is 13.6. The van der Waals surface area contributed by atoms with Crippen molar-refractivity contribution in [1.29, 1.82) is 0 Å². The molecule has 0 spiro atoms. The topological polar surface area (TPSA) is 50.7 Å². The molecule has 0 atom stereocenters. The van der Waals surface area contributed by atoms with E-state index in [0.717, 1.165) is 5.56 Å². The molecule has 4 nitrogen and oxygen atoms in total. The van der Waals surface area contributed by atoms with Gasteiger partial charge in [0.25, 0.3) is 5.56 Å².